The van der Waals surface area contributed by atoms with Crippen LogP contribution in [0.3, 0.4) is 0 Å². The first-order chi connectivity index (χ1) is 13.6. The molecule has 0 unspecified atom stereocenters. The second kappa shape index (κ2) is 9.62. The number of aromatic amines is 1. The molecule has 0 radical (unpaired) electrons. The van der Waals surface area contributed by atoms with Gasteiger partial charge < -0.3 is 24.5 Å². The van der Waals surface area contributed by atoms with E-state index in [0.29, 0.717) is 19.8 Å². The summed E-state index contributed by atoms with van der Waals surface area (Å²) < 4.78 is 16.7. The maximum absolute atomic E-state index is 5.93. The minimum Gasteiger partial charge on any atom is -0.488 e. The number of aromatic nitrogens is 1. The molecule has 5 heteroatoms. The van der Waals surface area contributed by atoms with Crippen molar-refractivity contribution in [1.29, 1.82) is 0 Å². The Bertz CT molecular complexity index is 873. The van der Waals surface area contributed by atoms with Crippen LogP contribution in [0.4, 0.5) is 0 Å². The van der Waals surface area contributed by atoms with Gasteiger partial charge in [0.15, 0.2) is 11.5 Å². The van der Waals surface area contributed by atoms with E-state index in [9.17, 15) is 0 Å². The van der Waals surface area contributed by atoms with Gasteiger partial charge in [0.1, 0.15) is 13.2 Å². The quantitative estimate of drug-likeness (QED) is 0.489. The lowest BCUT2D eigenvalue weighted by atomic mass is 9.94. The zero-order valence-electron chi connectivity index (χ0n) is 17.0. The molecule has 0 saturated carbocycles. The monoisotopic (exact) mass is 382 g/mol. The van der Waals surface area contributed by atoms with Crippen molar-refractivity contribution in [2.75, 3.05) is 33.5 Å². The summed E-state index contributed by atoms with van der Waals surface area (Å²) in [6.07, 6.45) is 3.05. The number of hydrogen-bond acceptors (Lipinski definition) is 4. The minimum absolute atomic E-state index is 0.0389. The van der Waals surface area contributed by atoms with Gasteiger partial charge in [-0.05, 0) is 44.0 Å². The molecular formula is C23H30N2O3. The summed E-state index contributed by atoms with van der Waals surface area (Å²) in [6.45, 7) is 6.82. The Kier molecular flexibility index (Phi) is 6.95. The van der Waals surface area contributed by atoms with Crippen LogP contribution in [-0.2, 0) is 11.2 Å². The molecular weight excluding hydrogens is 352 g/mol. The van der Waals surface area contributed by atoms with Crippen molar-refractivity contribution >= 4 is 10.9 Å². The van der Waals surface area contributed by atoms with E-state index >= 15 is 0 Å². The number of methoxy groups -OCH3 is 1. The molecule has 5 nitrogen and oxygen atoms in total. The maximum Gasteiger partial charge on any atom is 0.161 e. The number of rotatable bonds is 11. The van der Waals surface area contributed by atoms with Crippen LogP contribution in [0.25, 0.3) is 10.9 Å². The fraction of sp³-hybridized carbons (Fsp3) is 0.391. The number of H-pyrrole nitrogens is 1. The zero-order chi connectivity index (χ0) is 19.8. The third kappa shape index (κ3) is 5.50. The largest absolute Gasteiger partial charge is 0.488 e. The standard InChI is InChI=1S/C23H30N2O3/c1-23(2,16-18-17-24-20-9-5-4-8-19(18)20)25-12-13-27-21-10-6-7-11-22(21)28-15-14-26-3/h4-11,17,24-25H,12-16H2,1-3H3. The van der Waals surface area contributed by atoms with Crippen molar-refractivity contribution in [1.82, 2.24) is 10.3 Å². The molecule has 0 fully saturated rings. The van der Waals surface area contributed by atoms with Crippen LogP contribution in [0.2, 0.25) is 0 Å². The van der Waals surface area contributed by atoms with Crippen LogP contribution < -0.4 is 14.8 Å². The molecule has 1 heterocycles. The van der Waals surface area contributed by atoms with Gasteiger partial charge in [-0.2, -0.15) is 0 Å². The van der Waals surface area contributed by atoms with Crippen LogP contribution in [0, 0.1) is 0 Å². The normalized spacial score (nSPS) is 11.7. The molecule has 28 heavy (non-hydrogen) atoms. The van der Waals surface area contributed by atoms with Gasteiger partial charge in [0.05, 0.1) is 6.61 Å². The highest BCUT2D eigenvalue weighted by Crippen LogP contribution is 2.26. The molecule has 0 aliphatic heterocycles. The van der Waals surface area contributed by atoms with E-state index in [4.69, 9.17) is 14.2 Å². The lowest BCUT2D eigenvalue weighted by Crippen LogP contribution is -2.43. The summed E-state index contributed by atoms with van der Waals surface area (Å²) in [6, 6.07) is 16.2. The van der Waals surface area contributed by atoms with E-state index in [2.05, 4.69) is 54.6 Å². The van der Waals surface area contributed by atoms with E-state index in [1.54, 1.807) is 7.11 Å². The Morgan fingerprint density at radius 2 is 1.57 bits per heavy atom. The average molecular weight is 383 g/mol. The van der Waals surface area contributed by atoms with E-state index in [1.165, 1.54) is 16.5 Å². The Labute approximate surface area is 167 Å². The average Bonchev–Trinajstić information content (AvgIpc) is 3.09. The SMILES string of the molecule is COCCOc1ccccc1OCCNC(C)(C)Cc1c[nH]c2ccccc12. The van der Waals surface area contributed by atoms with Crippen molar-refractivity contribution in [2.24, 2.45) is 0 Å². The van der Waals surface area contributed by atoms with Gasteiger partial charge in [0.2, 0.25) is 0 Å². The van der Waals surface area contributed by atoms with Gasteiger partial charge in [-0.3, -0.25) is 0 Å². The lowest BCUT2D eigenvalue weighted by molar-refractivity contribution is 0.143. The summed E-state index contributed by atoms with van der Waals surface area (Å²) in [7, 11) is 1.66. The van der Waals surface area contributed by atoms with Crippen molar-refractivity contribution in [3.05, 3.63) is 60.3 Å². The third-order valence-corrected chi connectivity index (χ3v) is 4.66. The molecule has 3 aromatic rings. The number of ether oxygens (including phenoxy) is 3. The number of benzene rings is 2. The Hall–Kier alpha value is -2.50. The third-order valence-electron chi connectivity index (χ3n) is 4.66. The molecule has 0 bridgehead atoms. The summed E-state index contributed by atoms with van der Waals surface area (Å²) in [5, 5.41) is 4.89. The van der Waals surface area contributed by atoms with E-state index in [-0.39, 0.29) is 5.54 Å². The van der Waals surface area contributed by atoms with Gasteiger partial charge in [-0.15, -0.1) is 0 Å². The highest BCUT2D eigenvalue weighted by atomic mass is 16.5. The maximum atomic E-state index is 5.93. The summed E-state index contributed by atoms with van der Waals surface area (Å²) in [4.78, 5) is 3.35. The van der Waals surface area contributed by atoms with Gasteiger partial charge in [0, 0.05) is 36.3 Å². The van der Waals surface area contributed by atoms with Crippen molar-refractivity contribution in [3.63, 3.8) is 0 Å². The first-order valence-corrected chi connectivity index (χ1v) is 9.73. The molecule has 1 aromatic heterocycles. The molecule has 2 aromatic carbocycles. The van der Waals surface area contributed by atoms with Crippen LogP contribution in [-0.4, -0.2) is 44.0 Å². The second-order valence-electron chi connectivity index (χ2n) is 7.48. The topological polar surface area (TPSA) is 55.5 Å². The highest BCUT2D eigenvalue weighted by molar-refractivity contribution is 5.83. The van der Waals surface area contributed by atoms with Crippen LogP contribution >= 0.6 is 0 Å². The summed E-state index contributed by atoms with van der Waals surface area (Å²) >= 11 is 0. The molecule has 150 valence electrons. The number of fused-ring (bicyclic) bond motifs is 1. The highest BCUT2D eigenvalue weighted by Gasteiger charge is 2.19. The smallest absolute Gasteiger partial charge is 0.161 e. The summed E-state index contributed by atoms with van der Waals surface area (Å²) in [5.74, 6) is 1.51. The predicted molar refractivity (Wildman–Crippen MR) is 113 cm³/mol. The van der Waals surface area contributed by atoms with Crippen LogP contribution in [0.1, 0.15) is 19.4 Å². The van der Waals surface area contributed by atoms with E-state index < -0.39 is 0 Å². The fourth-order valence-electron chi connectivity index (χ4n) is 3.29. The first kappa shape index (κ1) is 20.2. The fourth-order valence-corrected chi connectivity index (χ4v) is 3.29. The van der Waals surface area contributed by atoms with Gasteiger partial charge >= 0.3 is 0 Å². The van der Waals surface area contributed by atoms with Crippen LogP contribution in [0.5, 0.6) is 11.5 Å². The molecule has 0 spiro atoms. The number of hydrogen-bond donors (Lipinski definition) is 2. The van der Waals surface area contributed by atoms with E-state index in [0.717, 1.165) is 24.5 Å². The van der Waals surface area contributed by atoms with Gasteiger partial charge in [-0.25, -0.2) is 0 Å². The van der Waals surface area contributed by atoms with Gasteiger partial charge in [-0.1, -0.05) is 30.3 Å². The molecule has 0 saturated heterocycles. The predicted octanol–water partition coefficient (Wildman–Crippen LogP) is 4.18. The molecule has 0 amide bonds. The molecule has 2 N–H and O–H groups in total. The minimum atomic E-state index is -0.0389. The first-order valence-electron chi connectivity index (χ1n) is 9.73. The lowest BCUT2D eigenvalue weighted by Gasteiger charge is -2.26. The van der Waals surface area contributed by atoms with Crippen molar-refractivity contribution in [2.45, 2.75) is 25.8 Å². The Morgan fingerprint density at radius 1 is 0.893 bits per heavy atom. The molecule has 0 aliphatic rings. The van der Waals surface area contributed by atoms with Crippen molar-refractivity contribution in [3.8, 4) is 11.5 Å². The van der Waals surface area contributed by atoms with E-state index in [1.807, 2.05) is 24.3 Å². The second-order valence-corrected chi connectivity index (χ2v) is 7.48. The Morgan fingerprint density at radius 3 is 2.32 bits per heavy atom. The Balaban J connectivity index is 1.49. The molecule has 3 rings (SSSR count). The number of nitrogens with one attached hydrogen (secondary N) is 2. The van der Waals surface area contributed by atoms with Gasteiger partial charge in [0.25, 0.3) is 0 Å². The number of para-hydroxylation sites is 3. The zero-order valence-corrected chi connectivity index (χ0v) is 17.0. The summed E-state index contributed by atoms with van der Waals surface area (Å²) in [5.41, 5.74) is 2.47. The van der Waals surface area contributed by atoms with Crippen molar-refractivity contribution < 1.29 is 14.2 Å². The molecule has 0 aliphatic carbocycles. The molecule has 0 atom stereocenters. The van der Waals surface area contributed by atoms with Crippen LogP contribution in [0.15, 0.2) is 54.7 Å².